The topological polar surface area (TPSA) is 307 Å². The quantitative estimate of drug-likeness (QED) is 0.0200. The Bertz CT molecular complexity index is 1770. The lowest BCUT2D eigenvalue weighted by Crippen LogP contribution is -2.66. The molecule has 0 spiro atoms. The van der Waals surface area contributed by atoms with Crippen LogP contribution in [0.1, 0.15) is 245 Å². The molecule has 19 nitrogen and oxygen atoms in total. The van der Waals surface area contributed by atoms with Crippen molar-refractivity contribution in [2.75, 3.05) is 26.4 Å². The van der Waals surface area contributed by atoms with Gasteiger partial charge < -0.3 is 89.9 Å². The molecule has 3 fully saturated rings. The van der Waals surface area contributed by atoms with E-state index in [1.165, 1.54) is 128 Å². The van der Waals surface area contributed by atoms with Gasteiger partial charge in [-0.25, -0.2) is 0 Å². The minimum atomic E-state index is -1.97. The standard InChI is InChI=1S/C68H123NO18/c1-3-5-7-9-11-13-15-17-19-21-23-25-27-29-31-33-35-37-39-41-43-45-52(73)51(69-56(74)46-44-42-40-38-36-34-32-30-28-26-24-22-20-18-16-14-12-10-8-6-4-2)50-82-66-62(80)59(77)64(54(48-71)84-66)87-68-63(81)60(78)65(55(49-72)85-68)86-67-61(79)58(76)57(75)53(47-70)83-67/h6,8,12,14,18,20,24,26,51-55,57-68,70-73,75-81H,3-5,7,9-11,13,15-17,19,21-23,25,27-50H2,1-2H3,(H,69,74)/b8-6-,14-12-,20-18-,26-24-. The lowest BCUT2D eigenvalue weighted by Gasteiger charge is -2.48. The number of carbonyl (C=O) groups excluding carboxylic acids is 1. The summed E-state index contributed by atoms with van der Waals surface area (Å²) in [6.45, 7) is 1.70. The molecule has 0 aromatic carbocycles. The molecule has 3 rings (SSSR count). The number of hydrogen-bond acceptors (Lipinski definition) is 18. The van der Waals surface area contributed by atoms with Crippen LogP contribution in [0, 0.1) is 0 Å². The first kappa shape index (κ1) is 79.0. The number of allylic oxidation sites excluding steroid dienone is 8. The molecule has 0 bridgehead atoms. The molecule has 17 unspecified atom stereocenters. The van der Waals surface area contributed by atoms with E-state index < -0.39 is 124 Å². The highest BCUT2D eigenvalue weighted by Gasteiger charge is 2.53. The Hall–Kier alpha value is -2.25. The molecule has 17 atom stereocenters. The van der Waals surface area contributed by atoms with Gasteiger partial charge in [0.05, 0.1) is 38.6 Å². The van der Waals surface area contributed by atoms with E-state index in [9.17, 15) is 61.0 Å². The molecule has 87 heavy (non-hydrogen) atoms. The third-order valence-corrected chi connectivity index (χ3v) is 17.2. The van der Waals surface area contributed by atoms with Gasteiger partial charge in [-0.3, -0.25) is 4.79 Å². The lowest BCUT2D eigenvalue weighted by molar-refractivity contribution is -0.379. The maximum absolute atomic E-state index is 13.4. The first-order valence-corrected chi connectivity index (χ1v) is 34.4. The van der Waals surface area contributed by atoms with Crippen LogP contribution in [0.5, 0.6) is 0 Å². The molecular weight excluding hydrogens is 1120 g/mol. The normalized spacial score (nSPS) is 28.9. The second kappa shape index (κ2) is 50.3. The largest absolute Gasteiger partial charge is 0.394 e. The van der Waals surface area contributed by atoms with Crippen LogP contribution in [0.2, 0.25) is 0 Å². The van der Waals surface area contributed by atoms with E-state index in [0.29, 0.717) is 12.8 Å². The Kier molecular flexibility index (Phi) is 45.7. The van der Waals surface area contributed by atoms with Crippen molar-refractivity contribution in [1.29, 1.82) is 0 Å². The number of aliphatic hydroxyl groups is 11. The van der Waals surface area contributed by atoms with Crippen molar-refractivity contribution in [3.63, 3.8) is 0 Å². The third kappa shape index (κ3) is 32.7. The summed E-state index contributed by atoms with van der Waals surface area (Å²) in [5.74, 6) is -0.251. The summed E-state index contributed by atoms with van der Waals surface area (Å²) in [7, 11) is 0. The van der Waals surface area contributed by atoms with E-state index in [-0.39, 0.29) is 18.9 Å². The number of hydrogen-bond donors (Lipinski definition) is 12. The average molecular weight is 1240 g/mol. The number of aliphatic hydroxyl groups excluding tert-OH is 11. The van der Waals surface area contributed by atoms with Gasteiger partial charge in [0, 0.05) is 6.42 Å². The van der Waals surface area contributed by atoms with Crippen molar-refractivity contribution >= 4 is 5.91 Å². The molecule has 0 aromatic rings. The van der Waals surface area contributed by atoms with Crippen LogP contribution in [0.25, 0.3) is 0 Å². The van der Waals surface area contributed by atoms with E-state index in [0.717, 1.165) is 83.5 Å². The Morgan fingerprint density at radius 2 is 0.793 bits per heavy atom. The molecule has 3 saturated heterocycles. The van der Waals surface area contributed by atoms with Crippen molar-refractivity contribution in [2.45, 2.75) is 349 Å². The number of ether oxygens (including phenoxy) is 6. The summed E-state index contributed by atoms with van der Waals surface area (Å²) in [5.41, 5.74) is 0. The second-order valence-corrected chi connectivity index (χ2v) is 24.6. The zero-order valence-corrected chi connectivity index (χ0v) is 53.5. The number of unbranched alkanes of at least 4 members (excludes halogenated alkanes) is 28. The van der Waals surface area contributed by atoms with Gasteiger partial charge in [0.2, 0.25) is 5.91 Å². The number of nitrogens with one attached hydrogen (secondary N) is 1. The number of amides is 1. The van der Waals surface area contributed by atoms with Gasteiger partial charge in [0.25, 0.3) is 0 Å². The maximum atomic E-state index is 13.4. The number of carbonyl (C=O) groups is 1. The van der Waals surface area contributed by atoms with Crippen molar-refractivity contribution in [3.05, 3.63) is 48.6 Å². The Morgan fingerprint density at radius 3 is 1.24 bits per heavy atom. The first-order valence-electron chi connectivity index (χ1n) is 34.4. The summed E-state index contributed by atoms with van der Waals surface area (Å²) in [4.78, 5) is 13.4. The molecule has 0 aromatic heterocycles. The van der Waals surface area contributed by atoms with Crippen LogP contribution >= 0.6 is 0 Å². The first-order chi connectivity index (χ1) is 42.3. The van der Waals surface area contributed by atoms with Gasteiger partial charge in [-0.2, -0.15) is 0 Å². The molecule has 508 valence electrons. The Balaban J connectivity index is 1.45. The van der Waals surface area contributed by atoms with Crippen LogP contribution in [0.3, 0.4) is 0 Å². The van der Waals surface area contributed by atoms with Gasteiger partial charge in [0.1, 0.15) is 73.2 Å². The van der Waals surface area contributed by atoms with Gasteiger partial charge in [-0.15, -0.1) is 0 Å². The predicted octanol–water partition coefficient (Wildman–Crippen LogP) is 8.61. The molecule has 3 aliphatic rings. The molecule has 0 radical (unpaired) electrons. The van der Waals surface area contributed by atoms with Crippen molar-refractivity contribution < 1.29 is 89.4 Å². The van der Waals surface area contributed by atoms with E-state index in [2.05, 4.69) is 67.8 Å². The molecule has 0 saturated carbocycles. The molecule has 12 N–H and O–H groups in total. The van der Waals surface area contributed by atoms with E-state index in [4.69, 9.17) is 28.4 Å². The fourth-order valence-electron chi connectivity index (χ4n) is 11.6. The van der Waals surface area contributed by atoms with Crippen LogP contribution in [0.15, 0.2) is 48.6 Å². The SMILES string of the molecule is CC/C=C\C/C=C\C/C=C\C/C=C\CCCCCCCCCCC(=O)NC(COC1OC(CO)C(OC2OC(CO)C(OC3OC(CO)C(O)C(O)C3O)C(O)C2O)C(O)C1O)C(O)CCCCCCCCCCCCCCCCCCCCCCC. The molecule has 3 aliphatic heterocycles. The van der Waals surface area contributed by atoms with Crippen LogP contribution in [0.4, 0.5) is 0 Å². The maximum Gasteiger partial charge on any atom is 0.220 e. The van der Waals surface area contributed by atoms with Crippen LogP contribution in [-0.4, -0.2) is 193 Å². The summed E-state index contributed by atoms with van der Waals surface area (Å²) < 4.78 is 34.4. The lowest BCUT2D eigenvalue weighted by atomic mass is 9.96. The second-order valence-electron chi connectivity index (χ2n) is 24.6. The Labute approximate surface area is 523 Å². The summed E-state index contributed by atoms with van der Waals surface area (Å²) in [6.07, 6.45) is 31.8. The Morgan fingerprint density at radius 1 is 0.425 bits per heavy atom. The molecule has 3 heterocycles. The molecule has 0 aliphatic carbocycles. The average Bonchev–Trinajstić information content (AvgIpc) is 2.40. The third-order valence-electron chi connectivity index (χ3n) is 17.2. The monoisotopic (exact) mass is 1240 g/mol. The van der Waals surface area contributed by atoms with Crippen molar-refractivity contribution in [1.82, 2.24) is 5.32 Å². The highest BCUT2D eigenvalue weighted by Crippen LogP contribution is 2.33. The van der Waals surface area contributed by atoms with Gasteiger partial charge >= 0.3 is 0 Å². The van der Waals surface area contributed by atoms with Crippen LogP contribution < -0.4 is 5.32 Å². The van der Waals surface area contributed by atoms with E-state index in [1.807, 2.05) is 0 Å². The summed E-state index contributed by atoms with van der Waals surface area (Å²) in [6, 6.07) is -0.894. The highest BCUT2D eigenvalue weighted by atomic mass is 16.8. The highest BCUT2D eigenvalue weighted by molar-refractivity contribution is 5.76. The fraction of sp³-hybridized carbons (Fsp3) is 0.868. The van der Waals surface area contributed by atoms with E-state index in [1.54, 1.807) is 0 Å². The number of rotatable bonds is 52. The molecule has 1 amide bonds. The van der Waals surface area contributed by atoms with Crippen LogP contribution in [-0.2, 0) is 33.2 Å². The van der Waals surface area contributed by atoms with Gasteiger partial charge in [0.15, 0.2) is 18.9 Å². The van der Waals surface area contributed by atoms with Crippen molar-refractivity contribution in [2.24, 2.45) is 0 Å². The minimum absolute atomic E-state index is 0.251. The zero-order valence-electron chi connectivity index (χ0n) is 53.5. The molecular formula is C68H123NO18. The fourth-order valence-corrected chi connectivity index (χ4v) is 11.6. The van der Waals surface area contributed by atoms with Crippen molar-refractivity contribution in [3.8, 4) is 0 Å². The van der Waals surface area contributed by atoms with E-state index >= 15 is 0 Å². The van der Waals surface area contributed by atoms with Gasteiger partial charge in [-0.1, -0.05) is 236 Å². The van der Waals surface area contributed by atoms with Gasteiger partial charge in [-0.05, 0) is 51.4 Å². The molecule has 19 heteroatoms. The predicted molar refractivity (Wildman–Crippen MR) is 337 cm³/mol. The summed E-state index contributed by atoms with van der Waals surface area (Å²) >= 11 is 0. The minimum Gasteiger partial charge on any atom is -0.394 e. The smallest absolute Gasteiger partial charge is 0.220 e. The summed E-state index contributed by atoms with van der Waals surface area (Å²) in [5, 5.41) is 121. The zero-order chi connectivity index (χ0) is 63.3.